The fourth-order valence-corrected chi connectivity index (χ4v) is 2.32. The number of hydrogen-bond acceptors (Lipinski definition) is 3. The maximum Gasteiger partial charge on any atom is 0.222 e. The van der Waals surface area contributed by atoms with Crippen LogP contribution in [0.4, 0.5) is 0 Å². The van der Waals surface area contributed by atoms with Crippen molar-refractivity contribution in [2.24, 2.45) is 5.73 Å². The van der Waals surface area contributed by atoms with Crippen molar-refractivity contribution in [2.45, 2.75) is 32.0 Å². The second-order valence-electron chi connectivity index (χ2n) is 5.71. The van der Waals surface area contributed by atoms with Crippen molar-refractivity contribution in [3.05, 3.63) is 71.8 Å². The third kappa shape index (κ3) is 7.13. The fourth-order valence-electron chi connectivity index (χ4n) is 2.32. The minimum absolute atomic E-state index is 0. The molecule has 0 saturated carbocycles. The number of carbonyl (C=O) groups is 1. The summed E-state index contributed by atoms with van der Waals surface area (Å²) in [7, 11) is 0. The summed E-state index contributed by atoms with van der Waals surface area (Å²) in [6.07, 6.45) is 0.308. The van der Waals surface area contributed by atoms with E-state index in [1.165, 1.54) is 0 Å². The number of carbonyl (C=O) groups excluding carboxylic acids is 1. The van der Waals surface area contributed by atoms with Gasteiger partial charge in [-0.25, -0.2) is 0 Å². The van der Waals surface area contributed by atoms with E-state index in [1.807, 2.05) is 67.6 Å². The Kier molecular flexibility index (Phi) is 9.08. The topological polar surface area (TPSA) is 64.4 Å². The van der Waals surface area contributed by atoms with Crippen LogP contribution in [-0.4, -0.2) is 18.6 Å². The Morgan fingerprint density at radius 3 is 2.25 bits per heavy atom. The predicted octanol–water partition coefficient (Wildman–Crippen LogP) is 3.22. The largest absolute Gasteiger partial charge is 0.374 e. The van der Waals surface area contributed by atoms with Crippen LogP contribution in [0.15, 0.2) is 60.7 Å². The quantitative estimate of drug-likeness (QED) is 0.769. The SMILES string of the molecule is CC(N)CC(=O)NC(COCc1ccccc1)c1ccccc1.Cl. The van der Waals surface area contributed by atoms with Crippen LogP contribution in [0.5, 0.6) is 0 Å². The summed E-state index contributed by atoms with van der Waals surface area (Å²) in [5.41, 5.74) is 7.83. The number of rotatable bonds is 8. The van der Waals surface area contributed by atoms with Crippen LogP contribution in [-0.2, 0) is 16.1 Å². The molecule has 0 fully saturated rings. The van der Waals surface area contributed by atoms with Crippen LogP contribution in [0.1, 0.15) is 30.5 Å². The molecule has 0 saturated heterocycles. The molecule has 0 aliphatic rings. The molecule has 2 rings (SSSR count). The highest BCUT2D eigenvalue weighted by Crippen LogP contribution is 2.14. The Hall–Kier alpha value is -1.88. The summed E-state index contributed by atoms with van der Waals surface area (Å²) >= 11 is 0. The number of hydrogen-bond donors (Lipinski definition) is 2. The number of halogens is 1. The first-order valence-corrected chi connectivity index (χ1v) is 7.86. The summed E-state index contributed by atoms with van der Waals surface area (Å²) in [5.74, 6) is -0.0582. The molecule has 2 atom stereocenters. The second kappa shape index (κ2) is 10.8. The lowest BCUT2D eigenvalue weighted by Crippen LogP contribution is -2.34. The monoisotopic (exact) mass is 348 g/mol. The van der Waals surface area contributed by atoms with Crippen molar-refractivity contribution in [1.29, 1.82) is 0 Å². The molecule has 24 heavy (non-hydrogen) atoms. The van der Waals surface area contributed by atoms with Gasteiger partial charge < -0.3 is 15.8 Å². The minimum atomic E-state index is -0.175. The van der Waals surface area contributed by atoms with Crippen LogP contribution in [0, 0.1) is 0 Å². The third-order valence-corrected chi connectivity index (χ3v) is 3.44. The van der Waals surface area contributed by atoms with E-state index in [0.717, 1.165) is 11.1 Å². The van der Waals surface area contributed by atoms with E-state index in [0.29, 0.717) is 19.6 Å². The first-order chi connectivity index (χ1) is 11.1. The van der Waals surface area contributed by atoms with Gasteiger partial charge in [0, 0.05) is 12.5 Å². The molecule has 0 bridgehead atoms. The smallest absolute Gasteiger partial charge is 0.222 e. The summed E-state index contributed by atoms with van der Waals surface area (Å²) in [6, 6.07) is 19.5. The lowest BCUT2D eigenvalue weighted by Gasteiger charge is -2.20. The molecule has 0 aliphatic heterocycles. The van der Waals surface area contributed by atoms with E-state index < -0.39 is 0 Å². The molecule has 4 nitrogen and oxygen atoms in total. The highest BCUT2D eigenvalue weighted by molar-refractivity contribution is 5.85. The van der Waals surface area contributed by atoms with Crippen molar-refractivity contribution in [3.63, 3.8) is 0 Å². The molecule has 3 N–H and O–H groups in total. The zero-order valence-electron chi connectivity index (χ0n) is 13.9. The van der Waals surface area contributed by atoms with Crippen LogP contribution in [0.3, 0.4) is 0 Å². The highest BCUT2D eigenvalue weighted by Gasteiger charge is 2.15. The van der Waals surface area contributed by atoms with Crippen LogP contribution >= 0.6 is 12.4 Å². The highest BCUT2D eigenvalue weighted by atomic mass is 35.5. The Morgan fingerprint density at radius 2 is 1.67 bits per heavy atom. The number of nitrogens with one attached hydrogen (secondary N) is 1. The van der Waals surface area contributed by atoms with Crippen LogP contribution in [0.25, 0.3) is 0 Å². The van der Waals surface area contributed by atoms with Gasteiger partial charge in [0.05, 0.1) is 19.3 Å². The van der Waals surface area contributed by atoms with Gasteiger partial charge in [-0.3, -0.25) is 4.79 Å². The van der Waals surface area contributed by atoms with Crippen LogP contribution < -0.4 is 11.1 Å². The van der Waals surface area contributed by atoms with Gasteiger partial charge in [0.2, 0.25) is 5.91 Å². The number of ether oxygens (including phenoxy) is 1. The Balaban J connectivity index is 0.00000288. The molecule has 0 radical (unpaired) electrons. The Labute approximate surface area is 149 Å². The van der Waals surface area contributed by atoms with Gasteiger partial charge in [-0.2, -0.15) is 0 Å². The fraction of sp³-hybridized carbons (Fsp3) is 0.316. The zero-order valence-corrected chi connectivity index (χ0v) is 14.7. The second-order valence-corrected chi connectivity index (χ2v) is 5.71. The van der Waals surface area contributed by atoms with Crippen molar-refractivity contribution < 1.29 is 9.53 Å². The van der Waals surface area contributed by atoms with E-state index in [1.54, 1.807) is 0 Å². The van der Waals surface area contributed by atoms with Crippen molar-refractivity contribution in [1.82, 2.24) is 5.32 Å². The van der Waals surface area contributed by atoms with Gasteiger partial charge in [-0.1, -0.05) is 60.7 Å². The molecule has 130 valence electrons. The van der Waals surface area contributed by atoms with Gasteiger partial charge in [0.15, 0.2) is 0 Å². The predicted molar refractivity (Wildman–Crippen MR) is 98.9 cm³/mol. The Bertz CT molecular complexity index is 591. The lowest BCUT2D eigenvalue weighted by atomic mass is 10.1. The van der Waals surface area contributed by atoms with E-state index in [4.69, 9.17) is 10.5 Å². The molecule has 5 heteroatoms. The maximum absolute atomic E-state index is 12.0. The van der Waals surface area contributed by atoms with Crippen molar-refractivity contribution >= 4 is 18.3 Å². The molecule has 2 aromatic rings. The summed E-state index contributed by atoms with van der Waals surface area (Å²) in [4.78, 5) is 12.0. The number of amides is 1. The Morgan fingerprint density at radius 1 is 1.08 bits per heavy atom. The van der Waals surface area contributed by atoms with Crippen molar-refractivity contribution in [3.8, 4) is 0 Å². The molecule has 0 heterocycles. The van der Waals surface area contributed by atoms with Gasteiger partial charge in [-0.05, 0) is 18.1 Å². The average Bonchev–Trinajstić information content (AvgIpc) is 2.55. The number of benzene rings is 2. The first kappa shape index (κ1) is 20.2. The summed E-state index contributed by atoms with van der Waals surface area (Å²) < 4.78 is 5.80. The third-order valence-electron chi connectivity index (χ3n) is 3.44. The summed E-state index contributed by atoms with van der Waals surface area (Å²) in [6.45, 7) is 2.76. The first-order valence-electron chi connectivity index (χ1n) is 7.86. The minimum Gasteiger partial charge on any atom is -0.374 e. The normalized spacial score (nSPS) is 12.8. The molecule has 1 amide bonds. The molecule has 2 aromatic carbocycles. The van der Waals surface area contributed by atoms with E-state index in [9.17, 15) is 4.79 Å². The molecular formula is C19H25ClN2O2. The van der Waals surface area contributed by atoms with Gasteiger partial charge >= 0.3 is 0 Å². The number of nitrogens with two attached hydrogens (primary N) is 1. The van der Waals surface area contributed by atoms with E-state index in [-0.39, 0.29) is 30.4 Å². The standard InChI is InChI=1S/C19H24N2O2.ClH/c1-15(20)12-19(22)21-18(17-10-6-3-7-11-17)14-23-13-16-8-4-2-5-9-16;/h2-11,15,18H,12-14,20H2,1H3,(H,21,22);1H. The van der Waals surface area contributed by atoms with Crippen LogP contribution in [0.2, 0.25) is 0 Å². The molecule has 0 spiro atoms. The molecule has 2 unspecified atom stereocenters. The lowest BCUT2D eigenvalue weighted by molar-refractivity contribution is -0.122. The van der Waals surface area contributed by atoms with E-state index in [2.05, 4.69) is 5.32 Å². The summed E-state index contributed by atoms with van der Waals surface area (Å²) in [5, 5.41) is 3.01. The van der Waals surface area contributed by atoms with E-state index >= 15 is 0 Å². The molecule has 0 aliphatic carbocycles. The molecule has 0 aromatic heterocycles. The van der Waals surface area contributed by atoms with Gasteiger partial charge in [-0.15, -0.1) is 12.4 Å². The van der Waals surface area contributed by atoms with Gasteiger partial charge in [0.1, 0.15) is 0 Å². The molecular weight excluding hydrogens is 324 g/mol. The van der Waals surface area contributed by atoms with Gasteiger partial charge in [0.25, 0.3) is 0 Å². The zero-order chi connectivity index (χ0) is 16.5. The maximum atomic E-state index is 12.0. The van der Waals surface area contributed by atoms with Crippen molar-refractivity contribution in [2.75, 3.05) is 6.61 Å². The average molecular weight is 349 g/mol.